The lowest BCUT2D eigenvalue weighted by Gasteiger charge is -2.34. The zero-order valence-corrected chi connectivity index (χ0v) is 17.7. The third kappa shape index (κ3) is 4.50. The molecule has 1 aromatic heterocycles. The first kappa shape index (κ1) is 21.2. The lowest BCUT2D eigenvalue weighted by Crippen LogP contribution is -2.40. The number of piperidine rings is 1. The summed E-state index contributed by atoms with van der Waals surface area (Å²) < 4.78 is 11.9. The molecule has 1 fully saturated rings. The van der Waals surface area contributed by atoms with Crippen LogP contribution in [0.1, 0.15) is 29.2 Å². The highest BCUT2D eigenvalue weighted by Crippen LogP contribution is 2.42. The number of phenolic OH excluding ortho intramolecular Hbond substituents is 1. The molecule has 0 amide bonds. The van der Waals surface area contributed by atoms with E-state index in [0.717, 1.165) is 12.1 Å². The molecule has 0 radical (unpaired) electrons. The van der Waals surface area contributed by atoms with Gasteiger partial charge in [-0.2, -0.15) is 0 Å². The van der Waals surface area contributed by atoms with Crippen LogP contribution in [0.25, 0.3) is 17.0 Å². The fraction of sp³-hybridized carbons (Fsp3) is 0.320. The van der Waals surface area contributed by atoms with Gasteiger partial charge in [0.25, 0.3) is 0 Å². The van der Waals surface area contributed by atoms with E-state index in [1.807, 2.05) is 49.5 Å². The highest BCUT2D eigenvalue weighted by atomic mass is 16.5. The van der Waals surface area contributed by atoms with Crippen molar-refractivity contribution in [3.05, 3.63) is 75.7 Å². The normalized spacial score (nSPS) is 19.8. The summed E-state index contributed by atoms with van der Waals surface area (Å²) in [7, 11) is 1.96. The molecular formula is C25H27NO5. The molecule has 0 bridgehead atoms. The summed E-state index contributed by atoms with van der Waals surface area (Å²) in [6.45, 7) is 3.28. The van der Waals surface area contributed by atoms with Gasteiger partial charge in [0.2, 0.25) is 0 Å². The number of aryl methyl sites for hydroxylation is 1. The number of nitrogens with zero attached hydrogens (tertiary/aromatic N) is 1. The van der Waals surface area contributed by atoms with Gasteiger partial charge in [0.1, 0.15) is 34.8 Å². The van der Waals surface area contributed by atoms with Crippen molar-refractivity contribution in [2.45, 2.75) is 25.4 Å². The third-order valence-corrected chi connectivity index (χ3v) is 5.71. The Bertz CT molecular complexity index is 1150. The molecule has 2 N–H and O–H groups in total. The van der Waals surface area contributed by atoms with Gasteiger partial charge in [0, 0.05) is 30.2 Å². The largest absolute Gasteiger partial charge is 0.507 e. The van der Waals surface area contributed by atoms with E-state index in [9.17, 15) is 15.0 Å². The summed E-state index contributed by atoms with van der Waals surface area (Å²) in [5.74, 6) is 0.418. The van der Waals surface area contributed by atoms with E-state index >= 15 is 0 Å². The Morgan fingerprint density at radius 2 is 2.03 bits per heavy atom. The molecule has 2 heterocycles. The Morgan fingerprint density at radius 3 is 2.77 bits per heavy atom. The van der Waals surface area contributed by atoms with Crippen molar-refractivity contribution in [3.8, 4) is 11.5 Å². The molecule has 0 saturated carbocycles. The summed E-state index contributed by atoms with van der Waals surface area (Å²) in [5.41, 5.74) is 1.68. The second-order valence-electron chi connectivity index (χ2n) is 8.08. The monoisotopic (exact) mass is 421 g/mol. The van der Waals surface area contributed by atoms with E-state index in [4.69, 9.17) is 9.15 Å². The Labute approximate surface area is 181 Å². The zero-order chi connectivity index (χ0) is 22.0. The summed E-state index contributed by atoms with van der Waals surface area (Å²) in [6, 6.07) is 12.7. The van der Waals surface area contributed by atoms with Crippen LogP contribution in [0, 0.1) is 6.92 Å². The highest BCUT2D eigenvalue weighted by molar-refractivity contribution is 5.88. The van der Waals surface area contributed by atoms with Gasteiger partial charge in [0.05, 0.1) is 6.10 Å². The summed E-state index contributed by atoms with van der Waals surface area (Å²) in [6.07, 6.45) is 3.89. The molecule has 0 aliphatic carbocycles. The first-order chi connectivity index (χ1) is 14.9. The number of fused-ring (bicyclic) bond motifs is 1. The first-order valence-corrected chi connectivity index (χ1v) is 10.5. The zero-order valence-electron chi connectivity index (χ0n) is 17.7. The lowest BCUT2D eigenvalue weighted by atomic mass is 9.85. The number of likely N-dealkylation sites (tertiary alicyclic amines) is 1. The fourth-order valence-electron chi connectivity index (χ4n) is 4.21. The van der Waals surface area contributed by atoms with Crippen LogP contribution >= 0.6 is 0 Å². The van der Waals surface area contributed by atoms with E-state index in [-0.39, 0.29) is 29.1 Å². The van der Waals surface area contributed by atoms with E-state index in [2.05, 4.69) is 4.90 Å². The van der Waals surface area contributed by atoms with Crippen molar-refractivity contribution < 1.29 is 19.4 Å². The van der Waals surface area contributed by atoms with Crippen LogP contribution in [-0.2, 0) is 0 Å². The van der Waals surface area contributed by atoms with Crippen molar-refractivity contribution in [3.63, 3.8) is 0 Å². The molecule has 1 aliphatic heterocycles. The van der Waals surface area contributed by atoms with Crippen LogP contribution < -0.4 is 10.2 Å². The standard InChI is InChI=1S/C25H27NO5/c1-16-13-19(27)24-20(28)14-22(30-12-6-9-17-7-4-3-5-8-17)23(25(24)31-16)18-10-11-26(2)15-21(18)29/h3-9,13-14,18,21,28-29H,10-12,15H2,1-2H3. The van der Waals surface area contributed by atoms with Gasteiger partial charge >= 0.3 is 0 Å². The molecule has 0 spiro atoms. The van der Waals surface area contributed by atoms with Crippen molar-refractivity contribution in [1.29, 1.82) is 0 Å². The summed E-state index contributed by atoms with van der Waals surface area (Å²) in [4.78, 5) is 14.6. The number of benzene rings is 2. The van der Waals surface area contributed by atoms with Crippen LogP contribution in [0.3, 0.4) is 0 Å². The molecule has 6 heteroatoms. The smallest absolute Gasteiger partial charge is 0.196 e. The molecule has 2 aromatic carbocycles. The predicted molar refractivity (Wildman–Crippen MR) is 121 cm³/mol. The van der Waals surface area contributed by atoms with E-state index in [0.29, 0.717) is 35.6 Å². The fourth-order valence-corrected chi connectivity index (χ4v) is 4.21. The van der Waals surface area contributed by atoms with Gasteiger partial charge in [-0.15, -0.1) is 0 Å². The summed E-state index contributed by atoms with van der Waals surface area (Å²) in [5, 5.41) is 21.5. The second-order valence-corrected chi connectivity index (χ2v) is 8.08. The maximum atomic E-state index is 12.6. The Hall–Kier alpha value is -3.09. The minimum absolute atomic E-state index is 0.124. The maximum Gasteiger partial charge on any atom is 0.196 e. The number of aromatic hydroxyl groups is 1. The topological polar surface area (TPSA) is 83.1 Å². The summed E-state index contributed by atoms with van der Waals surface area (Å²) >= 11 is 0. The van der Waals surface area contributed by atoms with Crippen molar-refractivity contribution in [1.82, 2.24) is 4.90 Å². The van der Waals surface area contributed by atoms with Gasteiger partial charge in [-0.1, -0.05) is 36.4 Å². The van der Waals surface area contributed by atoms with Crippen LogP contribution in [0.4, 0.5) is 0 Å². The van der Waals surface area contributed by atoms with Crippen molar-refractivity contribution in [2.75, 3.05) is 26.7 Å². The molecule has 6 nitrogen and oxygen atoms in total. The maximum absolute atomic E-state index is 12.6. The SMILES string of the molecule is Cc1cc(=O)c2c(O)cc(OCC=Cc3ccccc3)c(C3CCN(C)CC3O)c2o1. The Morgan fingerprint density at radius 1 is 1.26 bits per heavy atom. The van der Waals surface area contributed by atoms with Crippen molar-refractivity contribution >= 4 is 17.0 Å². The quantitative estimate of drug-likeness (QED) is 0.654. The molecule has 1 aliphatic rings. The molecule has 162 valence electrons. The number of aliphatic hydroxyl groups is 1. The van der Waals surface area contributed by atoms with Crippen LogP contribution in [0.2, 0.25) is 0 Å². The number of ether oxygens (including phenoxy) is 1. The van der Waals surface area contributed by atoms with E-state index in [1.54, 1.807) is 6.92 Å². The van der Waals surface area contributed by atoms with Gasteiger partial charge in [0.15, 0.2) is 5.43 Å². The molecule has 1 saturated heterocycles. The van der Waals surface area contributed by atoms with Crippen LogP contribution in [0.15, 0.2) is 57.8 Å². The number of β-amino-alcohol motifs (C(OH)–C–C–N with tert-alkyl or cyclic N) is 1. The predicted octanol–water partition coefficient (Wildman–Crippen LogP) is 3.68. The highest BCUT2D eigenvalue weighted by Gasteiger charge is 2.33. The average Bonchev–Trinajstić information content (AvgIpc) is 2.72. The van der Waals surface area contributed by atoms with Gasteiger partial charge in [-0.3, -0.25) is 4.79 Å². The number of hydrogen-bond donors (Lipinski definition) is 2. The molecule has 2 atom stereocenters. The van der Waals surface area contributed by atoms with Crippen LogP contribution in [0.5, 0.6) is 11.5 Å². The molecular weight excluding hydrogens is 394 g/mol. The number of likely N-dealkylation sites (N-methyl/N-ethyl adjacent to an activating group) is 1. The third-order valence-electron chi connectivity index (χ3n) is 5.71. The molecule has 4 rings (SSSR count). The second kappa shape index (κ2) is 8.96. The number of phenols is 1. The minimum Gasteiger partial charge on any atom is -0.507 e. The first-order valence-electron chi connectivity index (χ1n) is 10.5. The van der Waals surface area contributed by atoms with Gasteiger partial charge < -0.3 is 24.3 Å². The number of hydrogen-bond acceptors (Lipinski definition) is 6. The number of aliphatic hydroxyl groups excluding tert-OH is 1. The number of rotatable bonds is 5. The molecule has 31 heavy (non-hydrogen) atoms. The lowest BCUT2D eigenvalue weighted by molar-refractivity contribution is 0.0629. The Kier molecular flexibility index (Phi) is 6.11. The molecule has 2 unspecified atom stereocenters. The average molecular weight is 421 g/mol. The van der Waals surface area contributed by atoms with Gasteiger partial charge in [-0.05, 0) is 38.6 Å². The molecule has 3 aromatic rings. The van der Waals surface area contributed by atoms with Gasteiger partial charge in [-0.25, -0.2) is 0 Å². The minimum atomic E-state index is -0.639. The van der Waals surface area contributed by atoms with Crippen LogP contribution in [-0.4, -0.2) is 48.0 Å². The Balaban J connectivity index is 1.75. The van der Waals surface area contributed by atoms with E-state index in [1.165, 1.54) is 12.1 Å². The van der Waals surface area contributed by atoms with Crippen molar-refractivity contribution in [2.24, 2.45) is 0 Å². The van der Waals surface area contributed by atoms with E-state index < -0.39 is 6.10 Å².